The smallest absolute Gasteiger partial charge is 0.162 e. The Morgan fingerprint density at radius 2 is 1.95 bits per heavy atom. The topological polar surface area (TPSA) is 42.2 Å². The zero-order chi connectivity index (χ0) is 15.2. The summed E-state index contributed by atoms with van der Waals surface area (Å²) in [5, 5.41) is 8.96. The molecule has 21 heavy (non-hydrogen) atoms. The highest BCUT2D eigenvalue weighted by molar-refractivity contribution is 6.30. The maximum atomic E-state index is 13.4. The van der Waals surface area contributed by atoms with Crippen LogP contribution in [-0.4, -0.2) is 6.61 Å². The van der Waals surface area contributed by atoms with Crippen molar-refractivity contribution in [1.82, 2.24) is 0 Å². The Bertz CT molecular complexity index is 682. The predicted molar refractivity (Wildman–Crippen MR) is 78.1 cm³/mol. The Balaban J connectivity index is 2.15. The maximum absolute atomic E-state index is 13.4. The molecule has 3 nitrogen and oxygen atoms in total. The van der Waals surface area contributed by atoms with E-state index in [1.165, 1.54) is 12.1 Å². The molecule has 2 aromatic carbocycles. The summed E-state index contributed by atoms with van der Waals surface area (Å²) < 4.78 is 24.4. The Hall–Kier alpha value is -2.25. The molecule has 0 aliphatic rings. The van der Waals surface area contributed by atoms with Gasteiger partial charge in [0.1, 0.15) is 12.4 Å². The average molecular weight is 306 g/mol. The number of nitriles is 1. The van der Waals surface area contributed by atoms with Gasteiger partial charge in [0, 0.05) is 6.07 Å². The van der Waals surface area contributed by atoms with E-state index < -0.39 is 5.82 Å². The number of rotatable bonds is 5. The lowest BCUT2D eigenvalue weighted by Crippen LogP contribution is -2.00. The van der Waals surface area contributed by atoms with Crippen molar-refractivity contribution in [3.63, 3.8) is 0 Å². The minimum absolute atomic E-state index is 0.0760. The monoisotopic (exact) mass is 305 g/mol. The van der Waals surface area contributed by atoms with E-state index in [0.29, 0.717) is 29.2 Å². The molecule has 0 heterocycles. The van der Waals surface area contributed by atoms with Crippen molar-refractivity contribution in [2.24, 2.45) is 0 Å². The third-order valence-corrected chi connectivity index (χ3v) is 3.06. The highest BCUT2D eigenvalue weighted by Crippen LogP contribution is 2.29. The summed E-state index contributed by atoms with van der Waals surface area (Å²) in [6.07, 6.45) is 0. The molecule has 0 aliphatic heterocycles. The Morgan fingerprint density at radius 3 is 2.62 bits per heavy atom. The SMILES string of the molecule is CCOc1cc(C#N)ccc1OCc1ccc(Cl)c(F)c1. The van der Waals surface area contributed by atoms with Gasteiger partial charge >= 0.3 is 0 Å². The number of halogens is 2. The standard InChI is InChI=1S/C16H13ClFNO2/c1-2-20-16-8-11(9-19)4-6-15(16)21-10-12-3-5-13(17)14(18)7-12/h3-8H,2,10H2,1H3. The molecule has 0 radical (unpaired) electrons. The second-order valence-corrected chi connectivity index (χ2v) is 4.65. The molecule has 0 aliphatic carbocycles. The van der Waals surface area contributed by atoms with Gasteiger partial charge in [-0.1, -0.05) is 17.7 Å². The van der Waals surface area contributed by atoms with E-state index in [0.717, 1.165) is 0 Å². The van der Waals surface area contributed by atoms with Gasteiger partial charge < -0.3 is 9.47 Å². The van der Waals surface area contributed by atoms with Crippen molar-refractivity contribution in [2.45, 2.75) is 13.5 Å². The highest BCUT2D eigenvalue weighted by Gasteiger charge is 2.08. The van der Waals surface area contributed by atoms with Crippen LogP contribution >= 0.6 is 11.6 Å². The van der Waals surface area contributed by atoms with Gasteiger partial charge in [-0.05, 0) is 36.8 Å². The van der Waals surface area contributed by atoms with Crippen LogP contribution < -0.4 is 9.47 Å². The molecule has 0 atom stereocenters. The number of hydrogen-bond donors (Lipinski definition) is 0. The summed E-state index contributed by atoms with van der Waals surface area (Å²) in [5.41, 5.74) is 1.15. The lowest BCUT2D eigenvalue weighted by Gasteiger charge is -2.12. The fourth-order valence-corrected chi connectivity index (χ4v) is 1.87. The molecule has 0 unspecified atom stereocenters. The minimum Gasteiger partial charge on any atom is -0.490 e. The number of benzene rings is 2. The van der Waals surface area contributed by atoms with Crippen LogP contribution in [0.3, 0.4) is 0 Å². The van der Waals surface area contributed by atoms with Crippen molar-refractivity contribution in [2.75, 3.05) is 6.61 Å². The van der Waals surface area contributed by atoms with Gasteiger partial charge in [-0.15, -0.1) is 0 Å². The van der Waals surface area contributed by atoms with Crippen molar-refractivity contribution < 1.29 is 13.9 Å². The first-order valence-electron chi connectivity index (χ1n) is 6.37. The first-order valence-corrected chi connectivity index (χ1v) is 6.75. The van der Waals surface area contributed by atoms with E-state index in [2.05, 4.69) is 0 Å². The van der Waals surface area contributed by atoms with Crippen LogP contribution in [0.1, 0.15) is 18.1 Å². The molecule has 0 spiro atoms. The van der Waals surface area contributed by atoms with E-state index in [-0.39, 0.29) is 11.6 Å². The second kappa shape index (κ2) is 6.96. The van der Waals surface area contributed by atoms with Gasteiger partial charge in [0.05, 0.1) is 23.3 Å². The zero-order valence-corrected chi connectivity index (χ0v) is 12.2. The average Bonchev–Trinajstić information content (AvgIpc) is 2.49. The van der Waals surface area contributed by atoms with Gasteiger partial charge in [0.2, 0.25) is 0 Å². The summed E-state index contributed by atoms with van der Waals surface area (Å²) >= 11 is 5.63. The third-order valence-electron chi connectivity index (χ3n) is 2.75. The van der Waals surface area contributed by atoms with Gasteiger partial charge in [0.15, 0.2) is 11.5 Å². The summed E-state index contributed by atoms with van der Waals surface area (Å²) in [7, 11) is 0. The molecule has 5 heteroatoms. The molecular formula is C16H13ClFNO2. The summed E-state index contributed by atoms with van der Waals surface area (Å²) in [6.45, 7) is 2.48. The first-order chi connectivity index (χ1) is 10.1. The van der Waals surface area contributed by atoms with E-state index in [1.807, 2.05) is 13.0 Å². The first kappa shape index (κ1) is 15.1. The van der Waals surface area contributed by atoms with Gasteiger partial charge in [-0.2, -0.15) is 5.26 Å². The fraction of sp³-hybridized carbons (Fsp3) is 0.188. The van der Waals surface area contributed by atoms with Crippen LogP contribution in [0.25, 0.3) is 0 Å². The van der Waals surface area contributed by atoms with Crippen molar-refractivity contribution in [1.29, 1.82) is 5.26 Å². The Morgan fingerprint density at radius 1 is 1.14 bits per heavy atom. The molecule has 0 saturated carbocycles. The number of hydrogen-bond acceptors (Lipinski definition) is 3. The van der Waals surface area contributed by atoms with Crippen LogP contribution in [0.15, 0.2) is 36.4 Å². The molecule has 0 fully saturated rings. The van der Waals surface area contributed by atoms with E-state index in [1.54, 1.807) is 24.3 Å². The number of ether oxygens (including phenoxy) is 2. The Labute approximate surface area is 127 Å². The molecule has 0 bridgehead atoms. The summed E-state index contributed by atoms with van der Waals surface area (Å²) in [4.78, 5) is 0. The maximum Gasteiger partial charge on any atom is 0.162 e. The Kier molecular flexibility index (Phi) is 5.02. The lowest BCUT2D eigenvalue weighted by molar-refractivity contribution is 0.269. The third kappa shape index (κ3) is 3.87. The summed E-state index contributed by atoms with van der Waals surface area (Å²) in [6, 6.07) is 11.5. The van der Waals surface area contributed by atoms with Crippen molar-refractivity contribution in [3.05, 3.63) is 58.4 Å². The van der Waals surface area contributed by atoms with Gasteiger partial charge in [-0.3, -0.25) is 0 Å². The molecule has 0 saturated heterocycles. The van der Waals surface area contributed by atoms with E-state index >= 15 is 0 Å². The predicted octanol–water partition coefficient (Wildman–Crippen LogP) is 4.33. The molecule has 2 aromatic rings. The largest absolute Gasteiger partial charge is 0.490 e. The van der Waals surface area contributed by atoms with Crippen LogP contribution in [0.2, 0.25) is 5.02 Å². The normalized spacial score (nSPS) is 10.0. The fourth-order valence-electron chi connectivity index (χ4n) is 1.76. The van der Waals surface area contributed by atoms with Crippen molar-refractivity contribution >= 4 is 11.6 Å². The van der Waals surface area contributed by atoms with Crippen LogP contribution in [-0.2, 0) is 6.61 Å². The van der Waals surface area contributed by atoms with Crippen LogP contribution in [0.5, 0.6) is 11.5 Å². The molecule has 0 amide bonds. The lowest BCUT2D eigenvalue weighted by atomic mass is 10.2. The summed E-state index contributed by atoms with van der Waals surface area (Å²) in [5.74, 6) is 0.514. The van der Waals surface area contributed by atoms with Crippen LogP contribution in [0.4, 0.5) is 4.39 Å². The minimum atomic E-state index is -0.484. The van der Waals surface area contributed by atoms with Gasteiger partial charge in [-0.25, -0.2) is 4.39 Å². The molecule has 0 N–H and O–H groups in total. The highest BCUT2D eigenvalue weighted by atomic mass is 35.5. The molecular weight excluding hydrogens is 293 g/mol. The zero-order valence-electron chi connectivity index (χ0n) is 11.4. The molecule has 0 aromatic heterocycles. The molecule has 2 rings (SSSR count). The van der Waals surface area contributed by atoms with Crippen LogP contribution in [0, 0.1) is 17.1 Å². The van der Waals surface area contributed by atoms with E-state index in [4.69, 9.17) is 26.3 Å². The van der Waals surface area contributed by atoms with E-state index in [9.17, 15) is 4.39 Å². The van der Waals surface area contributed by atoms with Gasteiger partial charge in [0.25, 0.3) is 0 Å². The second-order valence-electron chi connectivity index (χ2n) is 4.24. The molecule has 108 valence electrons. The van der Waals surface area contributed by atoms with Crippen molar-refractivity contribution in [3.8, 4) is 17.6 Å². The quantitative estimate of drug-likeness (QED) is 0.825. The number of nitrogens with zero attached hydrogens (tertiary/aromatic N) is 1.